The van der Waals surface area contributed by atoms with E-state index in [9.17, 15) is 4.79 Å². The molecular formula is C13H18O5. The number of unbranched alkanes of at least 4 members (excludes halogenated alkanes) is 1. The minimum absolute atomic E-state index is 0.272. The Morgan fingerprint density at radius 1 is 1.22 bits per heavy atom. The Hall–Kier alpha value is -1.75. The summed E-state index contributed by atoms with van der Waals surface area (Å²) in [5.74, 6) is 0.214. The van der Waals surface area contributed by atoms with Crippen LogP contribution in [0.5, 0.6) is 11.5 Å². The van der Waals surface area contributed by atoms with Gasteiger partial charge in [0.15, 0.2) is 11.5 Å². The van der Waals surface area contributed by atoms with Crippen LogP contribution < -0.4 is 9.47 Å². The Balaban J connectivity index is 2.72. The molecule has 0 aliphatic carbocycles. The molecule has 1 aromatic carbocycles. The second-order valence-corrected chi connectivity index (χ2v) is 3.59. The Kier molecular flexibility index (Phi) is 6.00. The lowest BCUT2D eigenvalue weighted by atomic mass is 10.2. The fourth-order valence-corrected chi connectivity index (χ4v) is 1.39. The van der Waals surface area contributed by atoms with E-state index in [1.165, 1.54) is 14.2 Å². The third kappa shape index (κ3) is 3.63. The largest absolute Gasteiger partial charge is 0.493 e. The Morgan fingerprint density at radius 3 is 2.61 bits per heavy atom. The van der Waals surface area contributed by atoms with Crippen molar-refractivity contribution in [1.29, 1.82) is 0 Å². The molecule has 5 nitrogen and oxygen atoms in total. The normalized spacial score (nSPS) is 9.94. The number of benzene rings is 1. The van der Waals surface area contributed by atoms with Crippen LogP contribution in [0.1, 0.15) is 30.1 Å². The van der Waals surface area contributed by atoms with Crippen LogP contribution >= 0.6 is 0 Å². The summed E-state index contributed by atoms with van der Waals surface area (Å²) in [5, 5.41) is 0. The quantitative estimate of drug-likeness (QED) is 0.425. The minimum Gasteiger partial charge on any atom is -0.493 e. The van der Waals surface area contributed by atoms with Crippen molar-refractivity contribution in [3.63, 3.8) is 0 Å². The topological polar surface area (TPSA) is 54.0 Å². The zero-order valence-electron chi connectivity index (χ0n) is 10.9. The molecule has 0 saturated heterocycles. The molecule has 0 aliphatic heterocycles. The number of rotatable bonds is 7. The Labute approximate surface area is 107 Å². The van der Waals surface area contributed by atoms with Gasteiger partial charge in [-0.2, -0.15) is 4.89 Å². The molecule has 1 aromatic rings. The monoisotopic (exact) mass is 254 g/mol. The summed E-state index contributed by atoms with van der Waals surface area (Å²) in [6, 6.07) is 4.98. The lowest BCUT2D eigenvalue weighted by Gasteiger charge is -2.11. The second kappa shape index (κ2) is 7.55. The molecule has 0 heterocycles. The maximum atomic E-state index is 11.8. The summed E-state index contributed by atoms with van der Waals surface area (Å²) in [6.45, 7) is 2.41. The maximum Gasteiger partial charge on any atom is 0.376 e. The van der Waals surface area contributed by atoms with Gasteiger partial charge in [-0.3, -0.25) is 4.89 Å². The first kappa shape index (κ1) is 14.3. The average Bonchev–Trinajstić information content (AvgIpc) is 2.42. The van der Waals surface area contributed by atoms with Crippen LogP contribution in [-0.2, 0) is 9.78 Å². The highest BCUT2D eigenvalue weighted by atomic mass is 17.2. The van der Waals surface area contributed by atoms with E-state index in [1.54, 1.807) is 18.2 Å². The van der Waals surface area contributed by atoms with Crippen molar-refractivity contribution in [1.82, 2.24) is 0 Å². The molecule has 0 unspecified atom stereocenters. The van der Waals surface area contributed by atoms with Gasteiger partial charge in [0.05, 0.1) is 20.8 Å². The van der Waals surface area contributed by atoms with Crippen LogP contribution in [0.15, 0.2) is 18.2 Å². The maximum absolute atomic E-state index is 11.8. The highest BCUT2D eigenvalue weighted by Crippen LogP contribution is 2.31. The Morgan fingerprint density at radius 2 is 2.00 bits per heavy atom. The molecular weight excluding hydrogens is 236 g/mol. The van der Waals surface area contributed by atoms with Crippen LogP contribution in [0.3, 0.4) is 0 Å². The molecule has 0 fully saturated rings. The molecule has 5 heteroatoms. The molecule has 0 aliphatic rings. The summed E-state index contributed by atoms with van der Waals surface area (Å²) in [6.07, 6.45) is 1.81. The van der Waals surface area contributed by atoms with Gasteiger partial charge in [0.2, 0.25) is 0 Å². The Bertz CT molecular complexity index is 389. The van der Waals surface area contributed by atoms with Gasteiger partial charge in [0.1, 0.15) is 5.56 Å². The molecule has 0 N–H and O–H groups in total. The van der Waals surface area contributed by atoms with E-state index < -0.39 is 5.97 Å². The van der Waals surface area contributed by atoms with E-state index in [4.69, 9.17) is 19.2 Å². The fraction of sp³-hybridized carbons (Fsp3) is 0.462. The number of carbonyl (C=O) groups excluding carboxylic acids is 1. The van der Waals surface area contributed by atoms with Crippen LogP contribution in [-0.4, -0.2) is 26.8 Å². The van der Waals surface area contributed by atoms with Crippen LogP contribution in [0.4, 0.5) is 0 Å². The molecule has 0 radical (unpaired) electrons. The first-order valence-corrected chi connectivity index (χ1v) is 5.79. The van der Waals surface area contributed by atoms with Crippen LogP contribution in [0, 0.1) is 0 Å². The van der Waals surface area contributed by atoms with Gasteiger partial charge >= 0.3 is 5.97 Å². The standard InChI is InChI=1S/C13H18O5/c1-4-5-9-17-18-13(14)10-7-6-8-11(15-2)12(10)16-3/h6-8H,4-5,9H2,1-3H3. The number of methoxy groups -OCH3 is 2. The van der Waals surface area contributed by atoms with Crippen molar-refractivity contribution < 1.29 is 24.0 Å². The molecule has 18 heavy (non-hydrogen) atoms. The van der Waals surface area contributed by atoms with Gasteiger partial charge < -0.3 is 9.47 Å². The van der Waals surface area contributed by atoms with Crippen molar-refractivity contribution in [2.75, 3.05) is 20.8 Å². The highest BCUT2D eigenvalue weighted by Gasteiger charge is 2.18. The summed E-state index contributed by atoms with van der Waals surface area (Å²) in [7, 11) is 2.97. The van der Waals surface area contributed by atoms with E-state index in [-0.39, 0.29) is 5.56 Å². The van der Waals surface area contributed by atoms with E-state index in [2.05, 4.69) is 0 Å². The molecule has 0 aromatic heterocycles. The van der Waals surface area contributed by atoms with Crippen LogP contribution in [0.25, 0.3) is 0 Å². The number of para-hydroxylation sites is 1. The van der Waals surface area contributed by atoms with E-state index in [0.717, 1.165) is 12.8 Å². The smallest absolute Gasteiger partial charge is 0.376 e. The molecule has 100 valence electrons. The summed E-state index contributed by atoms with van der Waals surface area (Å²) >= 11 is 0. The summed E-state index contributed by atoms with van der Waals surface area (Å²) in [4.78, 5) is 21.3. The molecule has 0 bridgehead atoms. The van der Waals surface area contributed by atoms with Crippen molar-refractivity contribution in [3.05, 3.63) is 23.8 Å². The number of carbonyl (C=O) groups is 1. The predicted molar refractivity (Wildman–Crippen MR) is 65.8 cm³/mol. The predicted octanol–water partition coefficient (Wildman–Crippen LogP) is 2.59. The molecule has 0 amide bonds. The van der Waals surface area contributed by atoms with Gasteiger partial charge in [0.25, 0.3) is 0 Å². The van der Waals surface area contributed by atoms with Crippen molar-refractivity contribution in [2.24, 2.45) is 0 Å². The number of hydrogen-bond acceptors (Lipinski definition) is 5. The number of ether oxygens (including phenoxy) is 2. The minimum atomic E-state index is -0.596. The highest BCUT2D eigenvalue weighted by molar-refractivity contribution is 5.93. The van der Waals surface area contributed by atoms with E-state index in [1.807, 2.05) is 6.92 Å². The van der Waals surface area contributed by atoms with Crippen molar-refractivity contribution in [3.8, 4) is 11.5 Å². The first-order valence-electron chi connectivity index (χ1n) is 5.79. The second-order valence-electron chi connectivity index (χ2n) is 3.59. The van der Waals surface area contributed by atoms with Crippen molar-refractivity contribution in [2.45, 2.75) is 19.8 Å². The van der Waals surface area contributed by atoms with E-state index in [0.29, 0.717) is 18.1 Å². The van der Waals surface area contributed by atoms with Gasteiger partial charge in [-0.05, 0) is 18.6 Å². The molecule has 0 saturated carbocycles. The lowest BCUT2D eigenvalue weighted by molar-refractivity contribution is -0.241. The fourth-order valence-electron chi connectivity index (χ4n) is 1.39. The first-order chi connectivity index (χ1) is 8.74. The van der Waals surface area contributed by atoms with Gasteiger partial charge in [0, 0.05) is 0 Å². The van der Waals surface area contributed by atoms with E-state index >= 15 is 0 Å². The van der Waals surface area contributed by atoms with Gasteiger partial charge in [-0.1, -0.05) is 19.4 Å². The number of hydrogen-bond donors (Lipinski definition) is 0. The molecule has 0 spiro atoms. The van der Waals surface area contributed by atoms with Gasteiger partial charge in [-0.15, -0.1) is 0 Å². The molecule has 1 rings (SSSR count). The lowest BCUT2D eigenvalue weighted by Crippen LogP contribution is -2.09. The zero-order chi connectivity index (χ0) is 13.4. The average molecular weight is 254 g/mol. The molecule has 0 atom stereocenters. The van der Waals surface area contributed by atoms with Crippen LogP contribution in [0.2, 0.25) is 0 Å². The summed E-state index contributed by atoms with van der Waals surface area (Å²) < 4.78 is 10.2. The van der Waals surface area contributed by atoms with Crippen molar-refractivity contribution >= 4 is 5.97 Å². The third-order valence-electron chi connectivity index (χ3n) is 2.34. The SMILES string of the molecule is CCCCOOC(=O)c1cccc(OC)c1OC. The third-order valence-corrected chi connectivity index (χ3v) is 2.34. The van der Waals surface area contributed by atoms with Gasteiger partial charge in [-0.25, -0.2) is 4.79 Å². The zero-order valence-corrected chi connectivity index (χ0v) is 10.9. The summed E-state index contributed by atoms with van der Waals surface area (Å²) in [5.41, 5.74) is 0.272.